The molecular weight excluding hydrogens is 296 g/mol. The molecule has 0 nitrogen and oxygen atoms in total. The second-order valence-corrected chi connectivity index (χ2v) is 5.00. The van der Waals surface area contributed by atoms with E-state index in [9.17, 15) is 13.2 Å². The maximum absolute atomic E-state index is 13.6. The predicted molar refractivity (Wildman–Crippen MR) is 70.2 cm³/mol. The highest BCUT2D eigenvalue weighted by Crippen LogP contribution is 2.34. The molecule has 0 saturated carbocycles. The van der Waals surface area contributed by atoms with Crippen molar-refractivity contribution < 1.29 is 13.2 Å². The van der Waals surface area contributed by atoms with Crippen LogP contribution in [0.2, 0.25) is 5.02 Å². The molecule has 2 aromatic rings. The van der Waals surface area contributed by atoms with Crippen LogP contribution in [0, 0.1) is 24.4 Å². The van der Waals surface area contributed by atoms with Crippen molar-refractivity contribution in [1.29, 1.82) is 0 Å². The molecule has 5 heteroatoms. The zero-order chi connectivity index (χ0) is 14.2. The van der Waals surface area contributed by atoms with Gasteiger partial charge in [0.25, 0.3) is 0 Å². The van der Waals surface area contributed by atoms with Crippen LogP contribution in [0.5, 0.6) is 0 Å². The van der Waals surface area contributed by atoms with Gasteiger partial charge in [0.15, 0.2) is 0 Å². The largest absolute Gasteiger partial charge is 0.207 e. The smallest absolute Gasteiger partial charge is 0.134 e. The molecular formula is C14H9Cl2F3. The number of hydrogen-bond acceptors (Lipinski definition) is 0. The molecule has 0 saturated heterocycles. The van der Waals surface area contributed by atoms with Crippen LogP contribution in [0.15, 0.2) is 30.3 Å². The van der Waals surface area contributed by atoms with Crippen molar-refractivity contribution in [2.24, 2.45) is 0 Å². The first-order chi connectivity index (χ1) is 8.90. The van der Waals surface area contributed by atoms with E-state index in [0.29, 0.717) is 22.7 Å². The van der Waals surface area contributed by atoms with Crippen molar-refractivity contribution in [3.8, 4) is 0 Å². The summed E-state index contributed by atoms with van der Waals surface area (Å²) in [6, 6.07) is 6.07. The minimum atomic E-state index is -1.07. The van der Waals surface area contributed by atoms with Crippen LogP contribution in [-0.4, -0.2) is 0 Å². The highest BCUT2D eigenvalue weighted by Gasteiger charge is 2.21. The monoisotopic (exact) mass is 304 g/mol. The third-order valence-electron chi connectivity index (χ3n) is 2.79. The molecule has 0 spiro atoms. The van der Waals surface area contributed by atoms with Crippen molar-refractivity contribution in [3.05, 3.63) is 69.5 Å². The zero-order valence-electron chi connectivity index (χ0n) is 9.85. The Kier molecular flexibility index (Phi) is 4.07. The summed E-state index contributed by atoms with van der Waals surface area (Å²) in [7, 11) is 0. The van der Waals surface area contributed by atoms with E-state index in [-0.39, 0.29) is 5.56 Å². The van der Waals surface area contributed by atoms with Gasteiger partial charge in [0, 0.05) is 22.7 Å². The summed E-state index contributed by atoms with van der Waals surface area (Å²) in [5.41, 5.74) is 0.888. The topological polar surface area (TPSA) is 0 Å². The van der Waals surface area contributed by atoms with Gasteiger partial charge in [0.1, 0.15) is 17.5 Å². The summed E-state index contributed by atoms with van der Waals surface area (Å²) in [5, 5.41) is -0.621. The van der Waals surface area contributed by atoms with Crippen LogP contribution in [0.1, 0.15) is 22.1 Å². The number of alkyl halides is 1. The van der Waals surface area contributed by atoms with E-state index in [0.717, 1.165) is 5.56 Å². The van der Waals surface area contributed by atoms with Crippen LogP contribution in [0.25, 0.3) is 0 Å². The molecule has 2 rings (SSSR count). The minimum absolute atomic E-state index is 0.386. The SMILES string of the molecule is Cc1ccc(C(Cl)c2c(F)cc(F)cc2F)cc1Cl. The van der Waals surface area contributed by atoms with Gasteiger partial charge in [-0.1, -0.05) is 23.7 Å². The lowest BCUT2D eigenvalue weighted by atomic mass is 10.0. The Labute approximate surface area is 118 Å². The second-order valence-electron chi connectivity index (χ2n) is 4.15. The summed E-state index contributed by atoms with van der Waals surface area (Å²) in [4.78, 5) is 0. The van der Waals surface area contributed by atoms with Crippen LogP contribution in [0.3, 0.4) is 0 Å². The van der Waals surface area contributed by atoms with E-state index < -0.39 is 22.8 Å². The summed E-state index contributed by atoms with van der Waals surface area (Å²) in [5.74, 6) is -3.02. The van der Waals surface area contributed by atoms with Gasteiger partial charge >= 0.3 is 0 Å². The standard InChI is InChI=1S/C14H9Cl2F3/c1-7-2-3-8(4-10(7)15)14(16)13-11(18)5-9(17)6-12(13)19/h2-6,14H,1H3. The third-order valence-corrected chi connectivity index (χ3v) is 3.66. The number of hydrogen-bond donors (Lipinski definition) is 0. The molecule has 100 valence electrons. The molecule has 0 N–H and O–H groups in total. The fraction of sp³-hybridized carbons (Fsp3) is 0.143. The second kappa shape index (κ2) is 5.43. The summed E-state index contributed by atoms with van der Waals surface area (Å²) in [6.07, 6.45) is 0. The number of aryl methyl sites for hydroxylation is 1. The van der Waals surface area contributed by atoms with Gasteiger partial charge in [-0.15, -0.1) is 11.6 Å². The van der Waals surface area contributed by atoms with Crippen molar-refractivity contribution in [1.82, 2.24) is 0 Å². The van der Waals surface area contributed by atoms with E-state index in [1.54, 1.807) is 19.1 Å². The Balaban J connectivity index is 2.49. The minimum Gasteiger partial charge on any atom is -0.207 e. The highest BCUT2D eigenvalue weighted by atomic mass is 35.5. The first-order valence-electron chi connectivity index (χ1n) is 5.44. The fourth-order valence-electron chi connectivity index (χ4n) is 1.73. The van der Waals surface area contributed by atoms with Crippen molar-refractivity contribution in [3.63, 3.8) is 0 Å². The first kappa shape index (κ1) is 14.2. The van der Waals surface area contributed by atoms with Crippen molar-refractivity contribution in [2.45, 2.75) is 12.3 Å². The Morgan fingerprint density at radius 1 is 1.00 bits per heavy atom. The van der Waals surface area contributed by atoms with Gasteiger partial charge in [0.2, 0.25) is 0 Å². The fourth-order valence-corrected chi connectivity index (χ4v) is 2.26. The Bertz CT molecular complexity index is 603. The van der Waals surface area contributed by atoms with Gasteiger partial charge in [0.05, 0.1) is 5.38 Å². The molecule has 0 radical (unpaired) electrons. The van der Waals surface area contributed by atoms with E-state index in [1.807, 2.05) is 0 Å². The summed E-state index contributed by atoms with van der Waals surface area (Å²) in [6.45, 7) is 1.80. The van der Waals surface area contributed by atoms with Gasteiger partial charge in [-0.2, -0.15) is 0 Å². The highest BCUT2D eigenvalue weighted by molar-refractivity contribution is 6.31. The lowest BCUT2D eigenvalue weighted by Crippen LogP contribution is -2.02. The Morgan fingerprint density at radius 2 is 1.58 bits per heavy atom. The molecule has 1 unspecified atom stereocenters. The van der Waals surface area contributed by atoms with Gasteiger partial charge in [-0.25, -0.2) is 13.2 Å². The molecule has 0 aliphatic heterocycles. The number of benzene rings is 2. The molecule has 0 fully saturated rings. The number of halogens is 5. The maximum atomic E-state index is 13.6. The molecule has 0 heterocycles. The molecule has 2 aromatic carbocycles. The molecule has 19 heavy (non-hydrogen) atoms. The van der Waals surface area contributed by atoms with Gasteiger partial charge < -0.3 is 0 Å². The normalized spacial score (nSPS) is 12.5. The molecule has 0 bridgehead atoms. The average molecular weight is 305 g/mol. The van der Waals surface area contributed by atoms with E-state index in [2.05, 4.69) is 0 Å². The average Bonchev–Trinajstić information content (AvgIpc) is 2.31. The van der Waals surface area contributed by atoms with Crippen LogP contribution in [0.4, 0.5) is 13.2 Å². The third kappa shape index (κ3) is 2.88. The predicted octanol–water partition coefficient (Wildman–Crippen LogP) is 5.39. The molecule has 1 atom stereocenters. The lowest BCUT2D eigenvalue weighted by Gasteiger charge is -2.13. The Morgan fingerprint density at radius 3 is 2.11 bits per heavy atom. The van der Waals surface area contributed by atoms with Crippen LogP contribution < -0.4 is 0 Å². The van der Waals surface area contributed by atoms with Crippen molar-refractivity contribution >= 4 is 23.2 Å². The molecule has 0 aliphatic rings. The van der Waals surface area contributed by atoms with Crippen LogP contribution in [-0.2, 0) is 0 Å². The summed E-state index contributed by atoms with van der Waals surface area (Å²) < 4.78 is 40.1. The van der Waals surface area contributed by atoms with E-state index >= 15 is 0 Å². The first-order valence-corrected chi connectivity index (χ1v) is 6.26. The molecule has 0 amide bonds. The Hall–Kier alpha value is -1.19. The number of rotatable bonds is 2. The van der Waals surface area contributed by atoms with Crippen molar-refractivity contribution in [2.75, 3.05) is 0 Å². The van der Waals surface area contributed by atoms with Gasteiger partial charge in [-0.3, -0.25) is 0 Å². The van der Waals surface area contributed by atoms with Gasteiger partial charge in [-0.05, 0) is 24.1 Å². The quantitative estimate of drug-likeness (QED) is 0.652. The van der Waals surface area contributed by atoms with E-state index in [4.69, 9.17) is 23.2 Å². The summed E-state index contributed by atoms with van der Waals surface area (Å²) >= 11 is 12.0. The maximum Gasteiger partial charge on any atom is 0.134 e. The molecule has 0 aromatic heterocycles. The zero-order valence-corrected chi connectivity index (χ0v) is 11.4. The lowest BCUT2D eigenvalue weighted by molar-refractivity contribution is 0.526. The van der Waals surface area contributed by atoms with Crippen LogP contribution >= 0.6 is 23.2 Å². The van der Waals surface area contributed by atoms with E-state index in [1.165, 1.54) is 6.07 Å². The molecule has 0 aliphatic carbocycles.